The SMILES string of the molecule is Cc1nc2c(O)cc(C#CCNc3cccc(N)c3)cc2s1. The minimum Gasteiger partial charge on any atom is -0.506 e. The zero-order chi connectivity index (χ0) is 15.5. The van der Waals surface area contributed by atoms with Crippen LogP contribution in [0.3, 0.4) is 0 Å². The topological polar surface area (TPSA) is 71.2 Å². The van der Waals surface area contributed by atoms with Crippen LogP contribution in [0.1, 0.15) is 10.6 Å². The number of nitrogens with two attached hydrogens (primary N) is 1. The molecule has 110 valence electrons. The van der Waals surface area contributed by atoms with E-state index < -0.39 is 0 Å². The Labute approximate surface area is 132 Å². The number of phenols is 1. The molecule has 0 unspecified atom stereocenters. The Balaban J connectivity index is 1.74. The number of thiazole rings is 1. The number of aromatic nitrogens is 1. The van der Waals surface area contributed by atoms with Crippen molar-refractivity contribution in [2.24, 2.45) is 0 Å². The van der Waals surface area contributed by atoms with Gasteiger partial charge in [-0.25, -0.2) is 4.98 Å². The van der Waals surface area contributed by atoms with Gasteiger partial charge in [-0.05, 0) is 37.3 Å². The normalized spacial score (nSPS) is 10.2. The van der Waals surface area contributed by atoms with Crippen molar-refractivity contribution in [2.45, 2.75) is 6.92 Å². The standard InChI is InChI=1S/C17H15N3OS/c1-11-20-17-15(21)8-12(9-16(17)22-11)4-3-7-19-14-6-2-5-13(18)10-14/h2,5-6,8-10,19,21H,7,18H2,1H3. The first-order valence-corrected chi connectivity index (χ1v) is 7.62. The minimum atomic E-state index is 0.176. The lowest BCUT2D eigenvalue weighted by Gasteiger charge is -2.02. The van der Waals surface area contributed by atoms with E-state index in [1.807, 2.05) is 37.3 Å². The predicted octanol–water partition coefficient (Wildman–Crippen LogP) is 3.36. The smallest absolute Gasteiger partial charge is 0.143 e. The number of phenolic OH excluding ortho intramolecular Hbond substituents is 1. The zero-order valence-corrected chi connectivity index (χ0v) is 12.9. The van der Waals surface area contributed by atoms with Gasteiger partial charge in [0.15, 0.2) is 0 Å². The maximum atomic E-state index is 9.98. The van der Waals surface area contributed by atoms with E-state index >= 15 is 0 Å². The molecular weight excluding hydrogens is 294 g/mol. The van der Waals surface area contributed by atoms with Crippen LogP contribution in [0.25, 0.3) is 10.2 Å². The summed E-state index contributed by atoms with van der Waals surface area (Å²) in [6.45, 7) is 2.43. The number of nitrogen functional groups attached to an aromatic ring is 1. The molecule has 3 rings (SSSR count). The van der Waals surface area contributed by atoms with Crippen LogP contribution in [0, 0.1) is 18.8 Å². The third kappa shape index (κ3) is 3.13. The number of nitrogens with zero attached hydrogens (tertiary/aromatic N) is 1. The van der Waals surface area contributed by atoms with Gasteiger partial charge < -0.3 is 16.2 Å². The first-order chi connectivity index (χ1) is 10.6. The number of anilines is 2. The molecule has 0 amide bonds. The second-order valence-electron chi connectivity index (χ2n) is 4.86. The average molecular weight is 309 g/mol. The number of benzene rings is 2. The van der Waals surface area contributed by atoms with Gasteiger partial charge in [0, 0.05) is 16.9 Å². The number of aromatic hydroxyl groups is 1. The lowest BCUT2D eigenvalue weighted by molar-refractivity contribution is 0.480. The summed E-state index contributed by atoms with van der Waals surface area (Å²) in [5, 5.41) is 14.1. The van der Waals surface area contributed by atoms with Crippen molar-refractivity contribution in [3.63, 3.8) is 0 Å². The van der Waals surface area contributed by atoms with E-state index in [0.717, 1.165) is 21.0 Å². The van der Waals surface area contributed by atoms with Crippen molar-refractivity contribution < 1.29 is 5.11 Å². The lowest BCUT2D eigenvalue weighted by atomic mass is 10.2. The summed E-state index contributed by atoms with van der Waals surface area (Å²) in [6, 6.07) is 11.1. The largest absolute Gasteiger partial charge is 0.506 e. The van der Waals surface area contributed by atoms with Gasteiger partial charge in [-0.3, -0.25) is 0 Å². The number of hydrogen-bond donors (Lipinski definition) is 3. The number of nitrogens with one attached hydrogen (secondary N) is 1. The average Bonchev–Trinajstić information content (AvgIpc) is 2.85. The van der Waals surface area contributed by atoms with E-state index in [0.29, 0.717) is 17.7 Å². The molecule has 0 aliphatic rings. The summed E-state index contributed by atoms with van der Waals surface area (Å²) in [6.07, 6.45) is 0. The predicted molar refractivity (Wildman–Crippen MR) is 92.2 cm³/mol. The van der Waals surface area contributed by atoms with Gasteiger partial charge in [0.05, 0.1) is 16.3 Å². The highest BCUT2D eigenvalue weighted by Gasteiger charge is 2.06. The second kappa shape index (κ2) is 5.96. The monoisotopic (exact) mass is 309 g/mol. The van der Waals surface area contributed by atoms with Gasteiger partial charge in [0.2, 0.25) is 0 Å². The van der Waals surface area contributed by atoms with Crippen LogP contribution in [0.15, 0.2) is 36.4 Å². The van der Waals surface area contributed by atoms with E-state index in [4.69, 9.17) is 5.73 Å². The molecule has 5 heteroatoms. The Morgan fingerprint density at radius 2 is 2.18 bits per heavy atom. The fourth-order valence-electron chi connectivity index (χ4n) is 2.14. The molecule has 0 bridgehead atoms. The van der Waals surface area contributed by atoms with Gasteiger partial charge in [0.25, 0.3) is 0 Å². The molecule has 0 aliphatic carbocycles. The lowest BCUT2D eigenvalue weighted by Crippen LogP contribution is -1.99. The van der Waals surface area contributed by atoms with Crippen molar-refractivity contribution in [3.05, 3.63) is 47.0 Å². The zero-order valence-electron chi connectivity index (χ0n) is 12.1. The third-order valence-electron chi connectivity index (χ3n) is 3.08. The van der Waals surface area contributed by atoms with E-state index in [1.165, 1.54) is 0 Å². The van der Waals surface area contributed by atoms with Gasteiger partial charge in [-0.2, -0.15) is 0 Å². The quantitative estimate of drug-likeness (QED) is 0.501. The molecular formula is C17H15N3OS. The van der Waals surface area contributed by atoms with Crippen LogP contribution >= 0.6 is 11.3 Å². The minimum absolute atomic E-state index is 0.176. The molecule has 2 aromatic carbocycles. The Morgan fingerprint density at radius 1 is 1.32 bits per heavy atom. The highest BCUT2D eigenvalue weighted by Crippen LogP contribution is 2.30. The maximum Gasteiger partial charge on any atom is 0.143 e. The summed E-state index contributed by atoms with van der Waals surface area (Å²) < 4.78 is 0.950. The molecule has 0 fully saturated rings. The van der Waals surface area contributed by atoms with Crippen LogP contribution < -0.4 is 11.1 Å². The third-order valence-corrected chi connectivity index (χ3v) is 4.00. The van der Waals surface area contributed by atoms with Crippen LogP contribution in [-0.2, 0) is 0 Å². The number of fused-ring (bicyclic) bond motifs is 1. The summed E-state index contributed by atoms with van der Waals surface area (Å²) in [4.78, 5) is 4.29. The summed E-state index contributed by atoms with van der Waals surface area (Å²) >= 11 is 1.55. The molecule has 4 N–H and O–H groups in total. The van der Waals surface area contributed by atoms with Crippen molar-refractivity contribution in [1.29, 1.82) is 0 Å². The Kier molecular flexibility index (Phi) is 3.86. The summed E-state index contributed by atoms with van der Waals surface area (Å²) in [5.74, 6) is 6.26. The van der Waals surface area contributed by atoms with Crippen molar-refractivity contribution >= 4 is 32.9 Å². The molecule has 1 aromatic heterocycles. The van der Waals surface area contributed by atoms with Crippen molar-refractivity contribution in [3.8, 4) is 17.6 Å². The molecule has 0 saturated carbocycles. The molecule has 4 nitrogen and oxygen atoms in total. The van der Waals surface area contributed by atoms with E-state index in [2.05, 4.69) is 22.1 Å². The van der Waals surface area contributed by atoms with Gasteiger partial charge >= 0.3 is 0 Å². The molecule has 1 heterocycles. The fraction of sp³-hybridized carbons (Fsp3) is 0.118. The van der Waals surface area contributed by atoms with Crippen molar-refractivity contribution in [2.75, 3.05) is 17.6 Å². The molecule has 0 atom stereocenters. The molecule has 0 aliphatic heterocycles. The van der Waals surface area contributed by atoms with Gasteiger partial charge in [0.1, 0.15) is 11.3 Å². The highest BCUT2D eigenvalue weighted by molar-refractivity contribution is 7.18. The second-order valence-corrected chi connectivity index (χ2v) is 6.09. The number of rotatable bonds is 2. The van der Waals surface area contributed by atoms with Crippen LogP contribution in [0.2, 0.25) is 0 Å². The van der Waals surface area contributed by atoms with Gasteiger partial charge in [-0.1, -0.05) is 17.9 Å². The van der Waals surface area contributed by atoms with Crippen molar-refractivity contribution in [1.82, 2.24) is 4.98 Å². The fourth-order valence-corrected chi connectivity index (χ4v) is 3.02. The number of hydrogen-bond acceptors (Lipinski definition) is 5. The Morgan fingerprint density at radius 3 is 3.00 bits per heavy atom. The van der Waals surface area contributed by atoms with Crippen LogP contribution in [-0.4, -0.2) is 16.6 Å². The maximum absolute atomic E-state index is 9.98. The Bertz CT molecular complexity index is 890. The van der Waals surface area contributed by atoms with E-state index in [9.17, 15) is 5.11 Å². The molecule has 22 heavy (non-hydrogen) atoms. The van der Waals surface area contributed by atoms with Crippen LogP contribution in [0.5, 0.6) is 5.75 Å². The summed E-state index contributed by atoms with van der Waals surface area (Å²) in [5.41, 5.74) is 8.79. The molecule has 0 spiro atoms. The Hall–Kier alpha value is -2.71. The van der Waals surface area contributed by atoms with E-state index in [-0.39, 0.29) is 5.75 Å². The highest BCUT2D eigenvalue weighted by atomic mass is 32.1. The number of aryl methyl sites for hydroxylation is 1. The molecule has 0 saturated heterocycles. The van der Waals surface area contributed by atoms with Gasteiger partial charge in [-0.15, -0.1) is 11.3 Å². The first kappa shape index (κ1) is 14.2. The molecule has 3 aromatic rings. The summed E-state index contributed by atoms with van der Waals surface area (Å²) in [7, 11) is 0. The first-order valence-electron chi connectivity index (χ1n) is 6.80. The van der Waals surface area contributed by atoms with E-state index in [1.54, 1.807) is 17.4 Å². The molecule has 0 radical (unpaired) electrons. The van der Waals surface area contributed by atoms with Crippen LogP contribution in [0.4, 0.5) is 11.4 Å².